The van der Waals surface area contributed by atoms with Crippen molar-refractivity contribution in [1.82, 2.24) is 15.5 Å². The average Bonchev–Trinajstić information content (AvgIpc) is 2.97. The average molecular weight is 310 g/mol. The second-order valence-electron chi connectivity index (χ2n) is 4.32. The lowest BCUT2D eigenvalue weighted by molar-refractivity contribution is -0.159. The molecule has 1 aromatic carbocycles. The van der Waals surface area contributed by atoms with E-state index in [1.165, 1.54) is 31.2 Å². The molecule has 1 unspecified atom stereocenters. The molecule has 114 valence electrons. The Morgan fingerprint density at radius 1 is 1.36 bits per heavy atom. The molecule has 0 aliphatic rings. The minimum absolute atomic E-state index is 0.232. The Balaban J connectivity index is 2.17. The number of benzene rings is 1. The summed E-state index contributed by atoms with van der Waals surface area (Å²) in [4.78, 5) is 15.0. The van der Waals surface area contributed by atoms with E-state index >= 15 is 0 Å². The topological polar surface area (TPSA) is 91.8 Å². The standard InChI is InChI=1S/C13H9F3N4O2/c1-7(6-17)18-11(21)9-4-2-8(3-5-9)10-19-12(22-20-10)13(14,15)16/h2-5,7H,1H3,(H,18,21). The van der Waals surface area contributed by atoms with Gasteiger partial charge in [0.1, 0.15) is 6.04 Å². The Kier molecular flexibility index (Phi) is 4.12. The number of carbonyl (C=O) groups is 1. The number of rotatable bonds is 3. The van der Waals surface area contributed by atoms with Gasteiger partial charge in [-0.15, -0.1) is 0 Å². The van der Waals surface area contributed by atoms with Crippen LogP contribution >= 0.6 is 0 Å². The first-order chi connectivity index (χ1) is 10.3. The SMILES string of the molecule is CC(C#N)NC(=O)c1ccc(-c2noc(C(F)(F)F)n2)cc1. The highest BCUT2D eigenvalue weighted by atomic mass is 19.4. The minimum atomic E-state index is -4.71. The van der Waals surface area contributed by atoms with E-state index in [2.05, 4.69) is 20.0 Å². The summed E-state index contributed by atoms with van der Waals surface area (Å²) in [5.74, 6) is -2.14. The molecular weight excluding hydrogens is 301 g/mol. The largest absolute Gasteiger partial charge is 0.471 e. The van der Waals surface area contributed by atoms with Crippen LogP contribution < -0.4 is 5.32 Å². The van der Waals surface area contributed by atoms with Crippen molar-refractivity contribution in [1.29, 1.82) is 5.26 Å². The van der Waals surface area contributed by atoms with Crippen LogP contribution in [0.15, 0.2) is 28.8 Å². The number of halogens is 3. The van der Waals surface area contributed by atoms with E-state index < -0.39 is 24.0 Å². The third-order valence-electron chi connectivity index (χ3n) is 2.62. The number of hydrogen-bond donors (Lipinski definition) is 1. The van der Waals surface area contributed by atoms with E-state index in [1.807, 2.05) is 6.07 Å². The summed E-state index contributed by atoms with van der Waals surface area (Å²) in [6.45, 7) is 1.52. The zero-order chi connectivity index (χ0) is 16.3. The zero-order valence-corrected chi connectivity index (χ0v) is 11.2. The van der Waals surface area contributed by atoms with E-state index in [4.69, 9.17) is 5.26 Å². The van der Waals surface area contributed by atoms with Crippen molar-refractivity contribution in [2.75, 3.05) is 0 Å². The Morgan fingerprint density at radius 3 is 2.50 bits per heavy atom. The Hall–Kier alpha value is -2.89. The molecule has 0 spiro atoms. The van der Waals surface area contributed by atoms with Crippen LogP contribution in [-0.4, -0.2) is 22.1 Å². The quantitative estimate of drug-likeness (QED) is 0.939. The Bertz CT molecular complexity index is 716. The molecule has 0 aliphatic heterocycles. The third kappa shape index (κ3) is 3.41. The summed E-state index contributed by atoms with van der Waals surface area (Å²) >= 11 is 0. The molecule has 2 rings (SSSR count). The van der Waals surface area contributed by atoms with Crippen LogP contribution in [0.3, 0.4) is 0 Å². The van der Waals surface area contributed by atoms with Gasteiger partial charge in [-0.3, -0.25) is 4.79 Å². The first kappa shape index (κ1) is 15.5. The summed E-state index contributed by atoms with van der Waals surface area (Å²) in [6, 6.07) is 6.74. The molecule has 9 heteroatoms. The van der Waals surface area contributed by atoms with Crippen molar-refractivity contribution >= 4 is 5.91 Å². The highest BCUT2D eigenvalue weighted by Gasteiger charge is 2.38. The summed E-state index contributed by atoms with van der Waals surface area (Å²) in [5.41, 5.74) is 0.523. The second kappa shape index (κ2) is 5.85. The van der Waals surface area contributed by atoms with Crippen LogP contribution in [0.25, 0.3) is 11.4 Å². The molecule has 0 bridgehead atoms. The summed E-state index contributed by atoms with van der Waals surface area (Å²) < 4.78 is 41.2. The Labute approximate surface area is 122 Å². The molecule has 0 aliphatic carbocycles. The number of aromatic nitrogens is 2. The van der Waals surface area contributed by atoms with E-state index in [0.29, 0.717) is 0 Å². The molecule has 1 amide bonds. The van der Waals surface area contributed by atoms with Crippen LogP contribution in [0.5, 0.6) is 0 Å². The smallest absolute Gasteiger partial charge is 0.337 e. The minimum Gasteiger partial charge on any atom is -0.337 e. The van der Waals surface area contributed by atoms with Crippen LogP contribution in [-0.2, 0) is 6.18 Å². The van der Waals surface area contributed by atoms with Crippen molar-refractivity contribution in [3.63, 3.8) is 0 Å². The molecule has 1 N–H and O–H groups in total. The Morgan fingerprint density at radius 2 is 2.00 bits per heavy atom. The number of carbonyl (C=O) groups excluding carboxylic acids is 1. The monoisotopic (exact) mass is 310 g/mol. The van der Waals surface area contributed by atoms with Gasteiger partial charge in [0.2, 0.25) is 5.82 Å². The van der Waals surface area contributed by atoms with Gasteiger partial charge in [0, 0.05) is 11.1 Å². The van der Waals surface area contributed by atoms with Gasteiger partial charge in [-0.05, 0) is 19.1 Å². The lowest BCUT2D eigenvalue weighted by Crippen LogP contribution is -2.31. The molecule has 0 radical (unpaired) electrons. The second-order valence-corrected chi connectivity index (χ2v) is 4.32. The van der Waals surface area contributed by atoms with Crippen LogP contribution in [0, 0.1) is 11.3 Å². The van der Waals surface area contributed by atoms with Crippen LogP contribution in [0.1, 0.15) is 23.2 Å². The van der Waals surface area contributed by atoms with Crippen molar-refractivity contribution in [3.05, 3.63) is 35.7 Å². The number of nitriles is 1. The molecule has 1 atom stereocenters. The number of amides is 1. The van der Waals surface area contributed by atoms with E-state index in [0.717, 1.165) is 0 Å². The molecular formula is C13H9F3N4O2. The van der Waals surface area contributed by atoms with E-state index in [-0.39, 0.29) is 17.0 Å². The van der Waals surface area contributed by atoms with Gasteiger partial charge in [0.25, 0.3) is 5.91 Å². The van der Waals surface area contributed by atoms with Gasteiger partial charge < -0.3 is 9.84 Å². The first-order valence-corrected chi connectivity index (χ1v) is 6.03. The zero-order valence-electron chi connectivity index (χ0n) is 11.2. The molecule has 6 nitrogen and oxygen atoms in total. The fourth-order valence-corrected chi connectivity index (χ4v) is 1.54. The molecule has 0 fully saturated rings. The normalized spacial score (nSPS) is 12.5. The molecule has 0 saturated carbocycles. The lowest BCUT2D eigenvalue weighted by Gasteiger charge is -2.06. The highest BCUT2D eigenvalue weighted by molar-refractivity contribution is 5.94. The molecule has 1 aromatic heterocycles. The maximum absolute atomic E-state index is 12.4. The van der Waals surface area contributed by atoms with Gasteiger partial charge in [-0.1, -0.05) is 17.3 Å². The number of alkyl halides is 3. The molecule has 2 aromatic rings. The van der Waals surface area contributed by atoms with Gasteiger partial charge >= 0.3 is 12.1 Å². The van der Waals surface area contributed by atoms with Gasteiger partial charge in [-0.2, -0.15) is 23.4 Å². The fourth-order valence-electron chi connectivity index (χ4n) is 1.54. The summed E-state index contributed by atoms with van der Waals surface area (Å²) in [7, 11) is 0. The predicted octanol–water partition coefficient (Wildman–Crippen LogP) is 2.40. The maximum atomic E-state index is 12.4. The highest BCUT2D eigenvalue weighted by Crippen LogP contribution is 2.29. The number of nitrogens with zero attached hydrogens (tertiary/aromatic N) is 3. The maximum Gasteiger partial charge on any atom is 0.471 e. The van der Waals surface area contributed by atoms with Crippen LogP contribution in [0.2, 0.25) is 0 Å². The summed E-state index contributed by atoms with van der Waals surface area (Å²) in [6.07, 6.45) is -4.71. The van der Waals surface area contributed by atoms with Crippen molar-refractivity contribution in [2.45, 2.75) is 19.1 Å². The number of hydrogen-bond acceptors (Lipinski definition) is 5. The number of nitrogens with one attached hydrogen (secondary N) is 1. The van der Waals surface area contributed by atoms with Gasteiger partial charge in [-0.25, -0.2) is 0 Å². The lowest BCUT2D eigenvalue weighted by atomic mass is 10.1. The summed E-state index contributed by atoms with van der Waals surface area (Å²) in [5, 5.41) is 14.3. The van der Waals surface area contributed by atoms with Crippen molar-refractivity contribution in [2.24, 2.45) is 0 Å². The van der Waals surface area contributed by atoms with E-state index in [9.17, 15) is 18.0 Å². The predicted molar refractivity (Wildman–Crippen MR) is 67.3 cm³/mol. The molecule has 0 saturated heterocycles. The van der Waals surface area contributed by atoms with Crippen molar-refractivity contribution < 1.29 is 22.5 Å². The fraction of sp³-hybridized carbons (Fsp3) is 0.231. The van der Waals surface area contributed by atoms with Gasteiger partial charge in [0.15, 0.2) is 0 Å². The van der Waals surface area contributed by atoms with Gasteiger partial charge in [0.05, 0.1) is 6.07 Å². The molecule has 1 heterocycles. The van der Waals surface area contributed by atoms with E-state index in [1.54, 1.807) is 0 Å². The van der Waals surface area contributed by atoms with Crippen molar-refractivity contribution in [3.8, 4) is 17.5 Å². The van der Waals surface area contributed by atoms with Crippen LogP contribution in [0.4, 0.5) is 13.2 Å². The first-order valence-electron chi connectivity index (χ1n) is 6.03. The molecule has 22 heavy (non-hydrogen) atoms. The third-order valence-corrected chi connectivity index (χ3v) is 2.62.